The summed E-state index contributed by atoms with van der Waals surface area (Å²) in [5.41, 5.74) is 2.95. The second kappa shape index (κ2) is 6.97. The van der Waals surface area contributed by atoms with Crippen molar-refractivity contribution in [2.45, 2.75) is 6.42 Å². The molecule has 0 saturated heterocycles. The number of pyridine rings is 1. The Bertz CT molecular complexity index is 609. The van der Waals surface area contributed by atoms with Gasteiger partial charge in [-0.25, -0.2) is 0 Å². The van der Waals surface area contributed by atoms with Crippen LogP contribution in [-0.2, 0) is 11.3 Å². The Morgan fingerprint density at radius 2 is 1.95 bits per heavy atom. The van der Waals surface area contributed by atoms with Crippen molar-refractivity contribution in [3.05, 3.63) is 65.5 Å². The maximum Gasteiger partial charge on any atom is 0.106 e. The topological polar surface area (TPSA) is 34.5 Å². The molecule has 0 amide bonds. The number of hydrogen-bond acceptors (Lipinski definition) is 3. The first-order valence-corrected chi connectivity index (χ1v) is 5.94. The molecule has 0 N–H and O–H groups in total. The summed E-state index contributed by atoms with van der Waals surface area (Å²) in [6.45, 7) is 0. The second-order valence-corrected chi connectivity index (χ2v) is 3.87. The Kier molecular flexibility index (Phi) is 4.71. The summed E-state index contributed by atoms with van der Waals surface area (Å²) in [6.07, 6.45) is 5.94. The average molecular weight is 250 g/mol. The van der Waals surface area contributed by atoms with E-state index in [-0.39, 0.29) is 0 Å². The van der Waals surface area contributed by atoms with Crippen molar-refractivity contribution in [2.24, 2.45) is 5.16 Å². The monoisotopic (exact) mass is 250 g/mol. The second-order valence-electron chi connectivity index (χ2n) is 3.87. The molecule has 0 aliphatic carbocycles. The zero-order valence-corrected chi connectivity index (χ0v) is 10.7. The molecule has 2 rings (SSSR count). The van der Waals surface area contributed by atoms with Gasteiger partial charge in [0, 0.05) is 36.2 Å². The molecule has 19 heavy (non-hydrogen) atoms. The van der Waals surface area contributed by atoms with Crippen LogP contribution in [0.15, 0.2) is 53.9 Å². The molecular weight excluding hydrogens is 236 g/mol. The number of benzene rings is 1. The van der Waals surface area contributed by atoms with Crippen LogP contribution >= 0.6 is 0 Å². The van der Waals surface area contributed by atoms with E-state index < -0.39 is 0 Å². The zero-order valence-electron chi connectivity index (χ0n) is 10.7. The Morgan fingerprint density at radius 3 is 2.74 bits per heavy atom. The predicted octanol–water partition coefficient (Wildman–Crippen LogP) is 2.66. The highest BCUT2D eigenvalue weighted by Gasteiger charge is 1.93. The van der Waals surface area contributed by atoms with Gasteiger partial charge >= 0.3 is 0 Å². The summed E-state index contributed by atoms with van der Waals surface area (Å²) in [6, 6.07) is 11.9. The quantitative estimate of drug-likeness (QED) is 0.477. The molecule has 0 spiro atoms. The van der Waals surface area contributed by atoms with Crippen LogP contribution in [0, 0.1) is 11.8 Å². The summed E-state index contributed by atoms with van der Waals surface area (Å²) >= 11 is 0. The maximum atomic E-state index is 4.62. The molecule has 0 fully saturated rings. The van der Waals surface area contributed by atoms with E-state index in [9.17, 15) is 0 Å². The molecule has 0 radical (unpaired) electrons. The van der Waals surface area contributed by atoms with Gasteiger partial charge in [-0.15, -0.1) is 0 Å². The molecule has 1 aromatic heterocycles. The minimum Gasteiger partial charge on any atom is -0.399 e. The SMILES string of the molecule is CON=CCc1cncc(C#Cc2ccccc2)c1. The van der Waals surface area contributed by atoms with E-state index >= 15 is 0 Å². The Balaban J connectivity index is 2.11. The van der Waals surface area contributed by atoms with E-state index in [0.717, 1.165) is 16.7 Å². The molecule has 3 heteroatoms. The Hall–Kier alpha value is -2.60. The first-order valence-electron chi connectivity index (χ1n) is 5.94. The van der Waals surface area contributed by atoms with Crippen molar-refractivity contribution in [1.29, 1.82) is 0 Å². The number of hydrogen-bond donors (Lipinski definition) is 0. The van der Waals surface area contributed by atoms with Crippen LogP contribution < -0.4 is 0 Å². The standard InChI is InChI=1S/C16H14N2O/c1-19-18-10-9-16-11-15(12-17-13-16)8-7-14-5-3-2-4-6-14/h2-6,10-13H,9H2,1H3. The number of rotatable bonds is 3. The van der Waals surface area contributed by atoms with E-state index in [4.69, 9.17) is 0 Å². The van der Waals surface area contributed by atoms with Crippen LogP contribution in [0.1, 0.15) is 16.7 Å². The molecule has 0 aliphatic rings. The van der Waals surface area contributed by atoms with E-state index in [2.05, 4.69) is 26.8 Å². The Labute approximate surface area is 112 Å². The fourth-order valence-electron chi connectivity index (χ4n) is 1.55. The highest BCUT2D eigenvalue weighted by molar-refractivity contribution is 5.61. The number of oxime groups is 1. The first kappa shape index (κ1) is 12.8. The molecule has 0 saturated carbocycles. The van der Waals surface area contributed by atoms with Gasteiger partial charge in [0.1, 0.15) is 7.11 Å². The van der Waals surface area contributed by atoms with Crippen LogP contribution in [0.2, 0.25) is 0 Å². The third-order valence-electron chi connectivity index (χ3n) is 2.43. The van der Waals surface area contributed by atoms with Crippen molar-refractivity contribution >= 4 is 6.21 Å². The number of nitrogens with zero attached hydrogens (tertiary/aromatic N) is 2. The lowest BCUT2D eigenvalue weighted by atomic mass is 10.1. The van der Waals surface area contributed by atoms with E-state index in [1.165, 1.54) is 7.11 Å². The lowest BCUT2D eigenvalue weighted by Gasteiger charge is -1.96. The summed E-state index contributed by atoms with van der Waals surface area (Å²) in [4.78, 5) is 8.79. The molecule has 2 aromatic rings. The van der Waals surface area contributed by atoms with Gasteiger partial charge in [-0.2, -0.15) is 0 Å². The van der Waals surface area contributed by atoms with E-state index in [0.29, 0.717) is 6.42 Å². The fourth-order valence-corrected chi connectivity index (χ4v) is 1.55. The van der Waals surface area contributed by atoms with Gasteiger partial charge in [-0.3, -0.25) is 4.98 Å². The largest absolute Gasteiger partial charge is 0.399 e. The lowest BCUT2D eigenvalue weighted by Crippen LogP contribution is -1.90. The van der Waals surface area contributed by atoms with Gasteiger partial charge in [0.15, 0.2) is 0 Å². The molecule has 94 valence electrons. The van der Waals surface area contributed by atoms with Crippen molar-refractivity contribution in [3.63, 3.8) is 0 Å². The third-order valence-corrected chi connectivity index (χ3v) is 2.43. The normalized spacial score (nSPS) is 9.95. The lowest BCUT2D eigenvalue weighted by molar-refractivity contribution is 0.215. The fraction of sp³-hybridized carbons (Fsp3) is 0.125. The van der Waals surface area contributed by atoms with Crippen molar-refractivity contribution in [1.82, 2.24) is 4.98 Å². The van der Waals surface area contributed by atoms with Gasteiger partial charge in [-0.1, -0.05) is 35.2 Å². The summed E-state index contributed by atoms with van der Waals surface area (Å²) < 4.78 is 0. The van der Waals surface area contributed by atoms with E-state index in [1.54, 1.807) is 18.6 Å². The Morgan fingerprint density at radius 1 is 1.16 bits per heavy atom. The molecule has 0 aliphatic heterocycles. The third kappa shape index (κ3) is 4.29. The molecule has 3 nitrogen and oxygen atoms in total. The molecule has 0 bridgehead atoms. The van der Waals surface area contributed by atoms with Crippen molar-refractivity contribution < 1.29 is 4.84 Å². The van der Waals surface area contributed by atoms with Crippen LogP contribution in [0.4, 0.5) is 0 Å². The molecule has 0 unspecified atom stereocenters. The zero-order chi connectivity index (χ0) is 13.3. The average Bonchev–Trinajstić information content (AvgIpc) is 2.47. The highest BCUT2D eigenvalue weighted by atomic mass is 16.6. The van der Waals surface area contributed by atoms with Crippen molar-refractivity contribution in [3.8, 4) is 11.8 Å². The minimum atomic E-state index is 0.682. The minimum absolute atomic E-state index is 0.682. The molecule has 1 heterocycles. The molecule has 0 atom stereocenters. The highest BCUT2D eigenvalue weighted by Crippen LogP contribution is 2.02. The van der Waals surface area contributed by atoms with Crippen LogP contribution in [0.5, 0.6) is 0 Å². The van der Waals surface area contributed by atoms with Gasteiger partial charge in [0.05, 0.1) is 0 Å². The van der Waals surface area contributed by atoms with Gasteiger partial charge < -0.3 is 4.84 Å². The van der Waals surface area contributed by atoms with Gasteiger partial charge in [-0.05, 0) is 23.8 Å². The molecule has 1 aromatic carbocycles. The maximum absolute atomic E-state index is 4.62. The number of aromatic nitrogens is 1. The van der Waals surface area contributed by atoms with Gasteiger partial charge in [0.2, 0.25) is 0 Å². The van der Waals surface area contributed by atoms with Crippen LogP contribution in [0.25, 0.3) is 0 Å². The summed E-state index contributed by atoms with van der Waals surface area (Å²) in [5.74, 6) is 6.21. The summed E-state index contributed by atoms with van der Waals surface area (Å²) in [7, 11) is 1.52. The predicted molar refractivity (Wildman–Crippen MR) is 75.9 cm³/mol. The smallest absolute Gasteiger partial charge is 0.106 e. The van der Waals surface area contributed by atoms with Crippen LogP contribution in [-0.4, -0.2) is 18.3 Å². The molecular formula is C16H14N2O. The summed E-state index contributed by atoms with van der Waals surface area (Å²) in [5, 5.41) is 3.70. The van der Waals surface area contributed by atoms with Gasteiger partial charge in [0.25, 0.3) is 0 Å². The van der Waals surface area contributed by atoms with Crippen LogP contribution in [0.3, 0.4) is 0 Å². The van der Waals surface area contributed by atoms with Crippen molar-refractivity contribution in [2.75, 3.05) is 7.11 Å². The van der Waals surface area contributed by atoms with E-state index in [1.807, 2.05) is 36.4 Å². The first-order chi connectivity index (χ1) is 9.38.